The van der Waals surface area contributed by atoms with Crippen molar-refractivity contribution in [2.45, 2.75) is 103 Å². The number of esters is 4. The predicted molar refractivity (Wildman–Crippen MR) is 312 cm³/mol. The summed E-state index contributed by atoms with van der Waals surface area (Å²) in [6.07, 6.45) is -1.02. The third-order valence-electron chi connectivity index (χ3n) is 14.4. The number of anilines is 3. The summed E-state index contributed by atoms with van der Waals surface area (Å²) in [4.78, 5) is 115. The van der Waals surface area contributed by atoms with E-state index >= 15 is 0 Å². The Morgan fingerprint density at radius 3 is 2.08 bits per heavy atom. The number of ether oxygens (including phenoxy) is 8. The summed E-state index contributed by atoms with van der Waals surface area (Å²) < 4.78 is 44.7. The first-order chi connectivity index (χ1) is 42.1. The molecule has 4 aromatic carbocycles. The van der Waals surface area contributed by atoms with Crippen LogP contribution >= 0.6 is 0 Å². The molecule has 0 bridgehead atoms. The Kier molecular flexibility index (Phi) is 22.2. The van der Waals surface area contributed by atoms with E-state index in [-0.39, 0.29) is 49.4 Å². The number of methoxy groups -OCH3 is 1. The molecule has 25 heteroatoms. The van der Waals surface area contributed by atoms with Crippen LogP contribution in [0.4, 0.5) is 26.7 Å². The Bertz CT molecular complexity index is 3320. The molecule has 2 fully saturated rings. The van der Waals surface area contributed by atoms with Crippen LogP contribution in [-0.2, 0) is 63.7 Å². The monoisotopic (exact) mass is 1190 g/mol. The van der Waals surface area contributed by atoms with Crippen LogP contribution in [-0.4, -0.2) is 134 Å². The Balaban J connectivity index is 0.893. The first-order valence-electron chi connectivity index (χ1n) is 28.2. The third-order valence-corrected chi connectivity index (χ3v) is 14.4. The number of alkyl carbamates (subject to hydrolysis) is 1. The topological polar surface area (TPSA) is 323 Å². The molecular weight excluding hydrogens is 1130 g/mol. The van der Waals surface area contributed by atoms with Gasteiger partial charge in [-0.2, -0.15) is 5.26 Å². The highest BCUT2D eigenvalue weighted by molar-refractivity contribution is 5.97. The van der Waals surface area contributed by atoms with Crippen molar-refractivity contribution in [2.75, 3.05) is 55.8 Å². The van der Waals surface area contributed by atoms with Crippen LogP contribution in [0.1, 0.15) is 92.3 Å². The van der Waals surface area contributed by atoms with E-state index in [1.54, 1.807) is 53.7 Å². The smallest absolute Gasteiger partial charge is 0.411 e. The van der Waals surface area contributed by atoms with Crippen LogP contribution in [0.5, 0.6) is 5.75 Å². The fraction of sp³-hybridized carbons (Fsp3) is 0.371. The van der Waals surface area contributed by atoms with Gasteiger partial charge in [0.1, 0.15) is 19.0 Å². The number of carbonyl (C=O) groups excluding carboxylic acids is 8. The Morgan fingerprint density at radius 1 is 0.724 bits per heavy atom. The van der Waals surface area contributed by atoms with Gasteiger partial charge in [0.2, 0.25) is 24.3 Å². The van der Waals surface area contributed by atoms with E-state index in [2.05, 4.69) is 36.6 Å². The molecular formula is C62H67N9O16. The zero-order valence-corrected chi connectivity index (χ0v) is 48.3. The molecule has 0 unspecified atom stereocenters. The normalized spacial score (nSPS) is 18.0. The number of likely N-dealkylation sites (tertiary alicyclic amines) is 1. The maximum Gasteiger partial charge on any atom is 0.411 e. The van der Waals surface area contributed by atoms with Crippen LogP contribution in [0.25, 0.3) is 11.1 Å². The minimum absolute atomic E-state index is 0.0415. The lowest BCUT2D eigenvalue weighted by atomic mass is 9.91. The third kappa shape index (κ3) is 17.5. The fourth-order valence-electron chi connectivity index (χ4n) is 10.4. The average molecular weight is 1190 g/mol. The van der Waals surface area contributed by atoms with Crippen LogP contribution in [0.3, 0.4) is 0 Å². The molecule has 8 rings (SSSR count). The molecule has 1 aromatic heterocycles. The number of nitrogens with one attached hydrogen (secondary N) is 5. The van der Waals surface area contributed by atoms with Crippen molar-refractivity contribution in [2.24, 2.45) is 10.9 Å². The van der Waals surface area contributed by atoms with Crippen LogP contribution < -0.4 is 31.3 Å². The summed E-state index contributed by atoms with van der Waals surface area (Å²) in [5, 5.41) is 22.8. The highest BCUT2D eigenvalue weighted by atomic mass is 16.7. The van der Waals surface area contributed by atoms with E-state index in [4.69, 9.17) is 43.2 Å². The molecule has 3 heterocycles. The van der Waals surface area contributed by atoms with E-state index < -0.39 is 72.7 Å². The number of unbranched alkanes of at least 4 members (excludes halogenated alkanes) is 1. The number of guanidine groups is 1. The highest BCUT2D eigenvalue weighted by Gasteiger charge is 2.56. The van der Waals surface area contributed by atoms with Crippen molar-refractivity contribution >= 4 is 70.9 Å². The van der Waals surface area contributed by atoms with E-state index in [1.165, 1.54) is 18.2 Å². The highest BCUT2D eigenvalue weighted by Crippen LogP contribution is 2.44. The van der Waals surface area contributed by atoms with E-state index in [9.17, 15) is 38.4 Å². The largest absolute Gasteiger partial charge is 0.467 e. The number of nitriles is 1. The lowest BCUT2D eigenvalue weighted by Crippen LogP contribution is -2.64. The lowest BCUT2D eigenvalue weighted by Gasteiger charge is -2.43. The molecule has 0 spiro atoms. The maximum absolute atomic E-state index is 13.7. The molecule has 3 aliphatic rings. The molecule has 2 aliphatic heterocycles. The molecule has 5 aromatic rings. The van der Waals surface area contributed by atoms with Gasteiger partial charge in [-0.25, -0.2) is 14.4 Å². The molecule has 0 saturated carbocycles. The summed E-state index contributed by atoms with van der Waals surface area (Å²) in [6.45, 7) is 4.28. The van der Waals surface area contributed by atoms with Gasteiger partial charge in [-0.15, -0.1) is 0 Å². The number of carbonyl (C=O) groups is 8. The van der Waals surface area contributed by atoms with Crippen LogP contribution in [0, 0.1) is 17.4 Å². The van der Waals surface area contributed by atoms with Crippen molar-refractivity contribution in [1.82, 2.24) is 20.5 Å². The lowest BCUT2D eigenvalue weighted by molar-refractivity contribution is -0.282. The summed E-state index contributed by atoms with van der Waals surface area (Å²) >= 11 is 0. The minimum atomic E-state index is -1.80. The first kappa shape index (κ1) is 62.9. The van der Waals surface area contributed by atoms with Gasteiger partial charge in [0.25, 0.3) is 5.91 Å². The SMILES string of the molecule is COC(=O)[C@H]1O[C@@H](Oc2ccc(COC(=O)Nc3cccc(C(=O)N4CCC(CCCCN=C(NC#N)Nc5ccncc5)CC4)c3)cc2NC(=O)CCNC(=O)OCC2c3ccccc3-c3ccccc32)[C@H](OC(C)=O)[C@@H](OC(C)=O)[C@@H]1OC(C)=O. The van der Waals surface area contributed by atoms with Gasteiger partial charge in [0.05, 0.1) is 12.8 Å². The van der Waals surface area contributed by atoms with Gasteiger partial charge in [0.15, 0.2) is 24.5 Å². The number of aliphatic imine (C=N–C) groups is 1. The van der Waals surface area contributed by atoms with Crippen molar-refractivity contribution in [3.05, 3.63) is 138 Å². The number of amides is 4. The number of benzene rings is 4. The molecule has 0 radical (unpaired) electrons. The number of hydrogen-bond donors (Lipinski definition) is 5. The molecule has 87 heavy (non-hydrogen) atoms. The van der Waals surface area contributed by atoms with E-state index in [1.807, 2.05) is 54.7 Å². The first-order valence-corrected chi connectivity index (χ1v) is 28.2. The van der Waals surface area contributed by atoms with Gasteiger partial charge in [0, 0.05) is 88.6 Å². The number of nitrogens with zero attached hydrogens (tertiary/aromatic N) is 4. The van der Waals surface area contributed by atoms with Crippen LogP contribution in [0.2, 0.25) is 0 Å². The quantitative estimate of drug-likeness (QED) is 0.00861. The molecule has 5 atom stereocenters. The van der Waals surface area contributed by atoms with Crippen molar-refractivity contribution in [1.29, 1.82) is 5.26 Å². The predicted octanol–water partition coefficient (Wildman–Crippen LogP) is 7.33. The van der Waals surface area contributed by atoms with Crippen molar-refractivity contribution < 1.29 is 76.3 Å². The van der Waals surface area contributed by atoms with Gasteiger partial charge >= 0.3 is 36.1 Å². The fourth-order valence-corrected chi connectivity index (χ4v) is 10.4. The molecule has 4 amide bonds. The van der Waals surface area contributed by atoms with Crippen molar-refractivity contribution in [3.8, 4) is 23.1 Å². The number of pyridine rings is 1. The zero-order chi connectivity index (χ0) is 61.8. The van der Waals surface area contributed by atoms with E-state index in [0.29, 0.717) is 48.3 Å². The Morgan fingerprint density at radius 2 is 1.40 bits per heavy atom. The minimum Gasteiger partial charge on any atom is -0.467 e. The molecule has 5 N–H and O–H groups in total. The second-order valence-electron chi connectivity index (χ2n) is 20.5. The maximum atomic E-state index is 13.7. The Labute approximate surface area is 501 Å². The number of aromatic nitrogens is 1. The second-order valence-corrected chi connectivity index (χ2v) is 20.5. The van der Waals surface area contributed by atoms with E-state index in [0.717, 1.165) is 87.9 Å². The number of hydrogen-bond acceptors (Lipinski definition) is 19. The molecule has 2 saturated heterocycles. The van der Waals surface area contributed by atoms with Gasteiger partial charge in [-0.05, 0) is 95.5 Å². The standard InChI is InChI=1S/C62H67N9O16/c1-37(72)83-53-54(84-38(2)73)56(85-39(3)74)59(87-55(53)58(77)80-4)86-51-20-19-41(32-50(51)70-52(75)23-29-66-61(78)82-35-49-47-17-7-5-15-45(47)46-16-6-8-18-48(46)49)34-81-62(79)69-44-14-11-13-42(33-44)57(76)71-30-24-40(25-31-71)12-9-10-26-65-60(67-36-63)68-43-21-27-64-28-22-43/h5-8,11,13-22,27-28,32-33,40,49,53-56,59H,9-10,12,23-26,29-31,34-35H2,1-4H3,(H,66,78)(H,69,79)(H,70,75)(H2,64,65,67,68)/t53-,54-,55-,56+,59+/m0/s1. The summed E-state index contributed by atoms with van der Waals surface area (Å²) in [6, 6.07) is 30.0. The van der Waals surface area contributed by atoms with Gasteiger partial charge in [-0.3, -0.25) is 44.6 Å². The summed E-state index contributed by atoms with van der Waals surface area (Å²) in [7, 11) is 1.04. The van der Waals surface area contributed by atoms with Crippen LogP contribution in [0.15, 0.2) is 121 Å². The average Bonchev–Trinajstić information content (AvgIpc) is 2.08. The number of rotatable bonds is 22. The molecule has 1 aliphatic carbocycles. The van der Waals surface area contributed by atoms with Gasteiger partial charge < -0.3 is 58.7 Å². The zero-order valence-electron chi connectivity index (χ0n) is 48.3. The Hall–Kier alpha value is -10.1. The molecule has 456 valence electrons. The second kappa shape index (κ2) is 30.6. The summed E-state index contributed by atoms with van der Waals surface area (Å²) in [5.74, 6) is -4.20. The van der Waals surface area contributed by atoms with Crippen molar-refractivity contribution in [3.63, 3.8) is 0 Å². The van der Waals surface area contributed by atoms with Gasteiger partial charge in [-0.1, -0.05) is 73.5 Å². The summed E-state index contributed by atoms with van der Waals surface area (Å²) in [5.41, 5.74) is 5.82. The number of fused-ring (bicyclic) bond motifs is 3. The number of piperidine rings is 1. The molecule has 25 nitrogen and oxygen atoms in total.